The van der Waals surface area contributed by atoms with E-state index in [9.17, 15) is 9.59 Å². The zero-order valence-corrected chi connectivity index (χ0v) is 16.1. The molecule has 146 valence electrons. The van der Waals surface area contributed by atoms with Crippen molar-refractivity contribution in [2.45, 2.75) is 0 Å². The molecular formula is C22H24N2O4. The fourth-order valence-corrected chi connectivity index (χ4v) is 2.32. The second-order valence-corrected chi connectivity index (χ2v) is 5.98. The molecule has 0 radical (unpaired) electrons. The highest BCUT2D eigenvalue weighted by atomic mass is 16.5. The Morgan fingerprint density at radius 1 is 1.14 bits per heavy atom. The van der Waals surface area contributed by atoms with E-state index in [2.05, 4.69) is 11.9 Å². The molecule has 1 N–H and O–H groups in total. The molecule has 28 heavy (non-hydrogen) atoms. The Labute approximate surface area is 165 Å². The van der Waals surface area contributed by atoms with Crippen LogP contribution >= 0.6 is 0 Å². The topological polar surface area (TPSA) is 67.9 Å². The van der Waals surface area contributed by atoms with Gasteiger partial charge in [0.15, 0.2) is 0 Å². The standard InChI is InChI=1S/C22H24N2O4/c1-4-14-28-19-11-8-17(9-12-19)10-13-22(26)24(2)16-21(25)23-18-6-5-7-20(15-18)27-3/h4-13,15H,1,14,16H2,2-3H3,(H,23,25)/b13-10+. The van der Waals surface area contributed by atoms with Crippen LogP contribution in [0.25, 0.3) is 6.08 Å². The van der Waals surface area contributed by atoms with Gasteiger partial charge in [-0.2, -0.15) is 0 Å². The van der Waals surface area contributed by atoms with E-state index in [1.165, 1.54) is 11.0 Å². The summed E-state index contributed by atoms with van der Waals surface area (Å²) in [6, 6.07) is 14.4. The first-order chi connectivity index (χ1) is 13.5. The molecule has 0 aromatic heterocycles. The number of nitrogens with zero attached hydrogens (tertiary/aromatic N) is 1. The second-order valence-electron chi connectivity index (χ2n) is 5.98. The monoisotopic (exact) mass is 380 g/mol. The van der Waals surface area contributed by atoms with Crippen LogP contribution in [0, 0.1) is 0 Å². The molecule has 0 aliphatic carbocycles. The average molecular weight is 380 g/mol. The predicted molar refractivity (Wildman–Crippen MR) is 110 cm³/mol. The molecule has 2 aromatic rings. The Morgan fingerprint density at radius 2 is 1.89 bits per heavy atom. The van der Waals surface area contributed by atoms with Crippen molar-refractivity contribution in [1.82, 2.24) is 4.90 Å². The molecule has 0 saturated heterocycles. The van der Waals surface area contributed by atoms with Gasteiger partial charge in [-0.3, -0.25) is 9.59 Å². The van der Waals surface area contributed by atoms with E-state index in [0.717, 1.165) is 11.3 Å². The van der Waals surface area contributed by atoms with Crippen molar-refractivity contribution in [1.29, 1.82) is 0 Å². The molecule has 0 saturated carbocycles. The summed E-state index contributed by atoms with van der Waals surface area (Å²) in [5.74, 6) is 0.815. The lowest BCUT2D eigenvalue weighted by molar-refractivity contribution is -0.129. The van der Waals surface area contributed by atoms with Gasteiger partial charge in [0, 0.05) is 24.9 Å². The average Bonchev–Trinajstić information content (AvgIpc) is 2.71. The number of hydrogen-bond donors (Lipinski definition) is 1. The minimum absolute atomic E-state index is 0.0608. The third-order valence-corrected chi connectivity index (χ3v) is 3.78. The minimum Gasteiger partial charge on any atom is -0.497 e. The lowest BCUT2D eigenvalue weighted by atomic mass is 10.2. The van der Waals surface area contributed by atoms with Crippen LogP contribution in [0.2, 0.25) is 0 Å². The molecule has 2 aromatic carbocycles. The fourth-order valence-electron chi connectivity index (χ4n) is 2.32. The number of hydrogen-bond acceptors (Lipinski definition) is 4. The highest BCUT2D eigenvalue weighted by Gasteiger charge is 2.11. The molecule has 0 atom stereocenters. The highest BCUT2D eigenvalue weighted by molar-refractivity contribution is 5.98. The number of carbonyl (C=O) groups excluding carboxylic acids is 2. The summed E-state index contributed by atoms with van der Waals surface area (Å²) in [5, 5.41) is 2.74. The molecule has 0 bridgehead atoms. The minimum atomic E-state index is -0.291. The van der Waals surface area contributed by atoms with Crippen LogP contribution in [-0.2, 0) is 9.59 Å². The lowest BCUT2D eigenvalue weighted by Gasteiger charge is -2.15. The number of rotatable bonds is 9. The van der Waals surface area contributed by atoms with Crippen molar-refractivity contribution in [3.05, 3.63) is 72.8 Å². The molecular weight excluding hydrogens is 356 g/mol. The number of nitrogens with one attached hydrogen (secondary N) is 1. The van der Waals surface area contributed by atoms with E-state index in [-0.39, 0.29) is 18.4 Å². The number of carbonyl (C=O) groups is 2. The zero-order chi connectivity index (χ0) is 20.4. The van der Waals surface area contributed by atoms with Gasteiger partial charge in [0.05, 0.1) is 13.7 Å². The van der Waals surface area contributed by atoms with Crippen molar-refractivity contribution in [2.24, 2.45) is 0 Å². The molecule has 6 nitrogen and oxygen atoms in total. The second kappa shape index (κ2) is 10.6. The SMILES string of the molecule is C=CCOc1ccc(/C=C/C(=O)N(C)CC(=O)Nc2cccc(OC)c2)cc1. The number of benzene rings is 2. The highest BCUT2D eigenvalue weighted by Crippen LogP contribution is 2.16. The maximum Gasteiger partial charge on any atom is 0.246 e. The fraction of sp³-hybridized carbons (Fsp3) is 0.182. The summed E-state index contributed by atoms with van der Waals surface area (Å²) in [4.78, 5) is 25.7. The van der Waals surface area contributed by atoms with Crippen LogP contribution in [0.4, 0.5) is 5.69 Å². The van der Waals surface area contributed by atoms with Crippen LogP contribution in [0.15, 0.2) is 67.3 Å². The van der Waals surface area contributed by atoms with Crippen LogP contribution in [-0.4, -0.2) is 44.0 Å². The van der Waals surface area contributed by atoms with Gasteiger partial charge in [-0.1, -0.05) is 30.9 Å². The summed E-state index contributed by atoms with van der Waals surface area (Å²) in [6.45, 7) is 3.98. The van der Waals surface area contributed by atoms with E-state index in [4.69, 9.17) is 9.47 Å². The summed E-state index contributed by atoms with van der Waals surface area (Å²) >= 11 is 0. The van der Waals surface area contributed by atoms with Gasteiger partial charge >= 0.3 is 0 Å². The van der Waals surface area contributed by atoms with E-state index in [1.807, 2.05) is 24.3 Å². The first-order valence-electron chi connectivity index (χ1n) is 8.72. The van der Waals surface area contributed by atoms with Gasteiger partial charge in [0.1, 0.15) is 18.1 Å². The predicted octanol–water partition coefficient (Wildman–Crippen LogP) is 3.37. The molecule has 0 aliphatic heterocycles. The van der Waals surface area contributed by atoms with E-state index < -0.39 is 0 Å². The molecule has 0 fully saturated rings. The molecule has 2 rings (SSSR count). The first-order valence-corrected chi connectivity index (χ1v) is 8.72. The van der Waals surface area contributed by atoms with Gasteiger partial charge in [-0.15, -0.1) is 0 Å². The molecule has 2 amide bonds. The number of ether oxygens (including phenoxy) is 2. The molecule has 0 aliphatic rings. The smallest absolute Gasteiger partial charge is 0.246 e. The number of anilines is 1. The zero-order valence-electron chi connectivity index (χ0n) is 16.1. The van der Waals surface area contributed by atoms with Crippen LogP contribution in [0.3, 0.4) is 0 Å². The summed E-state index contributed by atoms with van der Waals surface area (Å²) in [7, 11) is 3.13. The van der Waals surface area contributed by atoms with E-state index in [0.29, 0.717) is 18.0 Å². The molecule has 6 heteroatoms. The summed E-state index contributed by atoms with van der Waals surface area (Å²) in [5.41, 5.74) is 1.47. The van der Waals surface area contributed by atoms with Crippen molar-refractivity contribution < 1.29 is 19.1 Å². The molecule has 0 unspecified atom stereocenters. The van der Waals surface area contributed by atoms with Gasteiger partial charge in [-0.05, 0) is 35.9 Å². The quantitative estimate of drug-likeness (QED) is 0.535. The third-order valence-electron chi connectivity index (χ3n) is 3.78. The Balaban J connectivity index is 1.86. The van der Waals surface area contributed by atoms with Crippen molar-refractivity contribution in [3.8, 4) is 11.5 Å². The number of amides is 2. The van der Waals surface area contributed by atoms with Gasteiger partial charge in [-0.25, -0.2) is 0 Å². The third kappa shape index (κ3) is 6.64. The Bertz CT molecular complexity index is 844. The van der Waals surface area contributed by atoms with Crippen LogP contribution in [0.5, 0.6) is 11.5 Å². The number of methoxy groups -OCH3 is 1. The van der Waals surface area contributed by atoms with Crippen molar-refractivity contribution in [2.75, 3.05) is 32.6 Å². The Hall–Kier alpha value is -3.54. The normalized spacial score (nSPS) is 10.4. The maximum absolute atomic E-state index is 12.2. The van der Waals surface area contributed by atoms with E-state index >= 15 is 0 Å². The van der Waals surface area contributed by atoms with Crippen molar-refractivity contribution >= 4 is 23.6 Å². The Kier molecular flexibility index (Phi) is 7.84. The van der Waals surface area contributed by atoms with Crippen molar-refractivity contribution in [3.63, 3.8) is 0 Å². The number of likely N-dealkylation sites (N-methyl/N-ethyl adjacent to an activating group) is 1. The van der Waals surface area contributed by atoms with Gasteiger partial charge in [0.25, 0.3) is 0 Å². The van der Waals surface area contributed by atoms with Gasteiger partial charge < -0.3 is 19.7 Å². The maximum atomic E-state index is 12.2. The lowest BCUT2D eigenvalue weighted by Crippen LogP contribution is -2.33. The van der Waals surface area contributed by atoms with E-state index in [1.54, 1.807) is 50.6 Å². The molecule has 0 spiro atoms. The first kappa shape index (κ1) is 20.8. The molecule has 0 heterocycles. The summed E-state index contributed by atoms with van der Waals surface area (Å²) in [6.07, 6.45) is 4.79. The van der Waals surface area contributed by atoms with Crippen LogP contribution in [0.1, 0.15) is 5.56 Å². The van der Waals surface area contributed by atoms with Gasteiger partial charge in [0.2, 0.25) is 11.8 Å². The Morgan fingerprint density at radius 3 is 2.57 bits per heavy atom. The largest absolute Gasteiger partial charge is 0.497 e. The van der Waals surface area contributed by atoms with Crippen LogP contribution < -0.4 is 14.8 Å². The summed E-state index contributed by atoms with van der Waals surface area (Å²) < 4.78 is 10.5.